The lowest BCUT2D eigenvalue weighted by molar-refractivity contribution is -0.121. The van der Waals surface area contributed by atoms with Crippen LogP contribution in [-0.2, 0) is 29.5 Å². The van der Waals surface area contributed by atoms with Gasteiger partial charge in [0.2, 0.25) is 11.8 Å². The number of thiophene rings is 2. The number of aromatic nitrogens is 10. The van der Waals surface area contributed by atoms with Crippen molar-refractivity contribution in [2.24, 2.45) is 17.0 Å². The first-order valence-electron chi connectivity index (χ1n) is 22.4. The summed E-state index contributed by atoms with van der Waals surface area (Å²) in [6, 6.07) is 14.6. The van der Waals surface area contributed by atoms with Gasteiger partial charge in [-0.3, -0.25) is 28.7 Å². The molecule has 0 spiro atoms. The Morgan fingerprint density at radius 2 is 1.14 bits per heavy atom. The fraction of sp³-hybridized carbons (Fsp3) is 0.306. The topological polar surface area (TPSA) is 191 Å². The van der Waals surface area contributed by atoms with Crippen LogP contribution in [0.2, 0.25) is 10.0 Å². The Balaban J connectivity index is 0.000000172. The van der Waals surface area contributed by atoms with Gasteiger partial charge in [-0.05, 0) is 83.4 Å². The summed E-state index contributed by atoms with van der Waals surface area (Å²) in [6.07, 6.45) is 8.93. The highest BCUT2D eigenvalue weighted by molar-refractivity contribution is 7.15. The van der Waals surface area contributed by atoms with Gasteiger partial charge in [0.1, 0.15) is 39.6 Å². The van der Waals surface area contributed by atoms with Crippen LogP contribution >= 0.6 is 45.9 Å². The smallest absolute Gasteiger partial charge is 0.220 e. The molecule has 2 aliphatic heterocycles. The van der Waals surface area contributed by atoms with Crippen molar-refractivity contribution in [2.45, 2.75) is 79.3 Å². The SMILES string of the molecule is Cc1sc2c(c1C)C(c1ccc(Cl)cc1)=N[C@@H](CNC(=O)CCc1cn(C)cn1)c1nnc(C)n1-2.Cc1sc2c(c1C)C(c1ccc(Cl)cc1)=N[C@@H](CNC(=O)CCc1ncc[nH]1)c1nnc(C)n1-2. The van der Waals surface area contributed by atoms with Crippen LogP contribution in [0.3, 0.4) is 0 Å². The fourth-order valence-electron chi connectivity index (χ4n) is 8.37. The van der Waals surface area contributed by atoms with E-state index in [2.05, 4.69) is 82.8 Å². The third-order valence-corrected chi connectivity index (χ3v) is 15.1. The summed E-state index contributed by atoms with van der Waals surface area (Å²) in [5.74, 6) is 3.70. The van der Waals surface area contributed by atoms with Gasteiger partial charge >= 0.3 is 0 Å². The van der Waals surface area contributed by atoms with Crippen molar-refractivity contribution in [3.05, 3.63) is 161 Å². The lowest BCUT2D eigenvalue weighted by atomic mass is 10.00. The van der Waals surface area contributed by atoms with Crippen molar-refractivity contribution in [3.8, 4) is 10.0 Å². The molecule has 0 fully saturated rings. The average molecular weight is 1000 g/mol. The van der Waals surface area contributed by atoms with Gasteiger partial charge in [0.15, 0.2) is 11.6 Å². The fourth-order valence-corrected chi connectivity index (χ4v) is 11.0. The molecular formula is C49H50Cl2N14O2S2. The van der Waals surface area contributed by atoms with Gasteiger partial charge in [0.25, 0.3) is 0 Å². The molecule has 0 saturated heterocycles. The van der Waals surface area contributed by atoms with Crippen molar-refractivity contribution in [2.75, 3.05) is 13.1 Å². The Morgan fingerprint density at radius 1 is 0.667 bits per heavy atom. The summed E-state index contributed by atoms with van der Waals surface area (Å²) in [5.41, 5.74) is 9.07. The largest absolute Gasteiger partial charge is 0.353 e. The second kappa shape index (κ2) is 20.2. The monoisotopic (exact) mass is 1000 g/mol. The quantitative estimate of drug-likeness (QED) is 0.108. The number of aryl methyl sites for hydroxylation is 7. The number of imidazole rings is 2. The predicted molar refractivity (Wildman–Crippen MR) is 271 cm³/mol. The number of rotatable bonds is 12. The number of amides is 2. The van der Waals surface area contributed by atoms with Gasteiger partial charge in [0.05, 0.1) is 23.4 Å². The molecule has 10 rings (SSSR count). The molecular weight excluding hydrogens is 952 g/mol. The van der Waals surface area contributed by atoms with Crippen LogP contribution in [0.5, 0.6) is 0 Å². The van der Waals surface area contributed by atoms with E-state index >= 15 is 0 Å². The van der Waals surface area contributed by atoms with Crippen LogP contribution in [0.25, 0.3) is 10.0 Å². The lowest BCUT2D eigenvalue weighted by Gasteiger charge is -2.14. The van der Waals surface area contributed by atoms with Crippen LogP contribution in [-0.4, -0.2) is 85.4 Å². The number of benzene rings is 2. The van der Waals surface area contributed by atoms with E-state index in [9.17, 15) is 9.59 Å². The Kier molecular flexibility index (Phi) is 13.9. The number of fused-ring (bicyclic) bond motifs is 6. The number of hydrogen-bond donors (Lipinski definition) is 3. The van der Waals surface area contributed by atoms with E-state index in [0.717, 1.165) is 78.5 Å². The molecule has 8 aromatic rings. The molecule has 3 N–H and O–H groups in total. The van der Waals surface area contributed by atoms with E-state index < -0.39 is 6.04 Å². The minimum Gasteiger partial charge on any atom is -0.353 e. The molecule has 0 unspecified atom stereocenters. The normalized spacial score (nSPS) is 14.8. The van der Waals surface area contributed by atoms with Crippen LogP contribution in [0.1, 0.15) is 103 Å². The molecule has 354 valence electrons. The van der Waals surface area contributed by atoms with E-state index in [1.165, 1.54) is 20.9 Å². The number of carbonyl (C=O) groups excluding carboxylic acids is 2. The van der Waals surface area contributed by atoms with Crippen LogP contribution < -0.4 is 10.6 Å². The molecule has 8 heterocycles. The minimum absolute atomic E-state index is 0.0484. The van der Waals surface area contributed by atoms with E-state index in [0.29, 0.717) is 48.8 Å². The first kappa shape index (κ1) is 47.5. The number of carbonyl (C=O) groups is 2. The summed E-state index contributed by atoms with van der Waals surface area (Å²) in [6.45, 7) is 13.0. The van der Waals surface area contributed by atoms with Crippen LogP contribution in [0, 0.1) is 41.5 Å². The second-order valence-electron chi connectivity index (χ2n) is 17.0. The maximum Gasteiger partial charge on any atom is 0.220 e. The highest BCUT2D eigenvalue weighted by atomic mass is 35.5. The summed E-state index contributed by atoms with van der Waals surface area (Å²) >= 11 is 15.7. The zero-order valence-corrected chi connectivity index (χ0v) is 42.3. The lowest BCUT2D eigenvalue weighted by Crippen LogP contribution is -2.29. The summed E-state index contributed by atoms with van der Waals surface area (Å²) in [4.78, 5) is 49.5. The van der Waals surface area contributed by atoms with E-state index in [-0.39, 0.29) is 17.9 Å². The third kappa shape index (κ3) is 9.97. The van der Waals surface area contributed by atoms with Gasteiger partial charge in [-0.15, -0.1) is 43.1 Å². The van der Waals surface area contributed by atoms with E-state index in [1.54, 1.807) is 41.4 Å². The summed E-state index contributed by atoms with van der Waals surface area (Å²) in [7, 11) is 1.92. The van der Waals surface area contributed by atoms with E-state index in [4.69, 9.17) is 33.2 Å². The first-order valence-corrected chi connectivity index (χ1v) is 24.8. The number of aromatic amines is 1. The number of H-pyrrole nitrogens is 1. The Hall–Kier alpha value is -6.60. The number of nitrogens with one attached hydrogen (secondary N) is 3. The highest BCUT2D eigenvalue weighted by Crippen LogP contribution is 2.40. The average Bonchev–Trinajstić information content (AvgIpc) is 4.21. The van der Waals surface area contributed by atoms with Gasteiger partial charge in [-0.1, -0.05) is 47.5 Å². The molecule has 0 saturated carbocycles. The Labute approximate surface area is 417 Å². The molecule has 0 radical (unpaired) electrons. The molecule has 0 bridgehead atoms. The van der Waals surface area contributed by atoms with Crippen LogP contribution in [0.4, 0.5) is 0 Å². The van der Waals surface area contributed by atoms with Gasteiger partial charge in [0, 0.05) is 100 Å². The van der Waals surface area contributed by atoms with Crippen molar-refractivity contribution in [1.29, 1.82) is 0 Å². The number of hydrogen-bond acceptors (Lipinski definition) is 12. The Morgan fingerprint density at radius 3 is 1.58 bits per heavy atom. The van der Waals surface area contributed by atoms with Crippen molar-refractivity contribution in [3.63, 3.8) is 0 Å². The zero-order chi connectivity index (χ0) is 48.5. The number of nitrogens with zero attached hydrogens (tertiary/aromatic N) is 11. The molecule has 2 aromatic carbocycles. The predicted octanol–water partition coefficient (Wildman–Crippen LogP) is 8.55. The second-order valence-corrected chi connectivity index (χ2v) is 20.3. The summed E-state index contributed by atoms with van der Waals surface area (Å²) < 4.78 is 6.03. The maximum atomic E-state index is 12.7. The number of aliphatic imine (C=N–C) groups is 2. The molecule has 69 heavy (non-hydrogen) atoms. The molecule has 2 amide bonds. The van der Waals surface area contributed by atoms with Gasteiger partial charge in [-0.25, -0.2) is 9.97 Å². The van der Waals surface area contributed by atoms with Crippen LogP contribution in [0.15, 0.2) is 83.4 Å². The van der Waals surface area contributed by atoms with E-state index in [1.807, 2.05) is 80.2 Å². The molecule has 6 aromatic heterocycles. The van der Waals surface area contributed by atoms with Crippen molar-refractivity contribution >= 4 is 69.1 Å². The Bertz CT molecular complexity index is 3230. The molecule has 20 heteroatoms. The van der Waals surface area contributed by atoms with Crippen molar-refractivity contribution in [1.82, 2.24) is 59.7 Å². The zero-order valence-electron chi connectivity index (χ0n) is 39.1. The molecule has 2 aliphatic rings. The summed E-state index contributed by atoms with van der Waals surface area (Å²) in [5, 5.41) is 27.2. The molecule has 0 aliphatic carbocycles. The van der Waals surface area contributed by atoms with Gasteiger partial charge in [-0.2, -0.15) is 0 Å². The van der Waals surface area contributed by atoms with Crippen molar-refractivity contribution < 1.29 is 9.59 Å². The van der Waals surface area contributed by atoms with Gasteiger partial charge < -0.3 is 20.2 Å². The number of halogens is 2. The minimum atomic E-state index is -0.390. The maximum absolute atomic E-state index is 12.7. The molecule has 16 nitrogen and oxygen atoms in total. The third-order valence-electron chi connectivity index (χ3n) is 12.2. The first-order chi connectivity index (χ1) is 33.2. The molecule has 2 atom stereocenters. The standard InChI is InChI=1S/C25H26ClN7OS.C24H24ClN7OS/c1-14-15(2)35-25-22(14)23(17-5-7-18(26)8-6-17)29-20(24-31-30-16(3)33(24)25)11-27-21(34)10-9-19-12-32(4)13-28-19;1-13-14(2)34-24-21(13)22(16-4-6-17(25)7-5-16)29-18(23-31-30-15(3)32(23)24)12-28-20(33)9-8-19-26-10-11-27-19/h5-8,12-13,20H,9-11H2,1-4H3,(H,27,34);4-7,10-11,18H,8-9,12H2,1-3H3,(H,26,27)(H,28,33)/t20-;18-/m00/s1. The highest BCUT2D eigenvalue weighted by Gasteiger charge is 2.33.